The average molecular weight is 341 g/mol. The van der Waals surface area contributed by atoms with Gasteiger partial charge in [0.15, 0.2) is 0 Å². The van der Waals surface area contributed by atoms with E-state index in [9.17, 15) is 9.59 Å². The van der Waals surface area contributed by atoms with Crippen LogP contribution in [0, 0.1) is 5.92 Å². The van der Waals surface area contributed by atoms with E-state index in [2.05, 4.69) is 16.8 Å². The smallest absolute Gasteiger partial charge is 0.259 e. The maximum atomic E-state index is 12.9. The molecule has 1 aromatic carbocycles. The quantitative estimate of drug-likeness (QED) is 0.895. The predicted octanol–water partition coefficient (Wildman–Crippen LogP) is 1.32. The number of ether oxygens (including phenoxy) is 1. The number of H-pyrrole nitrogens is 1. The Labute approximate surface area is 146 Å². The third-order valence-electron chi connectivity index (χ3n) is 5.39. The number of morpholine rings is 1. The summed E-state index contributed by atoms with van der Waals surface area (Å²) in [6.07, 6.45) is 1.56. The topological polar surface area (TPSA) is 65.6 Å². The molecular weight excluding hydrogens is 318 g/mol. The first-order valence-electron chi connectivity index (χ1n) is 8.86. The van der Waals surface area contributed by atoms with Gasteiger partial charge in [-0.2, -0.15) is 0 Å². The Kier molecular flexibility index (Phi) is 4.31. The largest absolute Gasteiger partial charge is 0.379 e. The summed E-state index contributed by atoms with van der Waals surface area (Å²) in [6.45, 7) is 6.86. The number of para-hydroxylation sites is 1. The summed E-state index contributed by atoms with van der Waals surface area (Å²) in [5.74, 6) is 0.219. The number of carbonyl (C=O) groups excluding carboxylic acids is 1. The number of hydrogen-bond donors (Lipinski definition) is 1. The van der Waals surface area contributed by atoms with Crippen molar-refractivity contribution in [2.24, 2.45) is 5.92 Å². The number of likely N-dealkylation sites (tertiary alicyclic amines) is 1. The van der Waals surface area contributed by atoms with Gasteiger partial charge in [-0.3, -0.25) is 14.5 Å². The molecule has 4 rings (SSSR count). The van der Waals surface area contributed by atoms with Crippen molar-refractivity contribution < 1.29 is 9.53 Å². The summed E-state index contributed by atoms with van der Waals surface area (Å²) >= 11 is 0. The molecule has 0 bridgehead atoms. The fourth-order valence-electron chi connectivity index (χ4n) is 4.00. The molecule has 3 heterocycles. The Hall–Kier alpha value is -2.18. The van der Waals surface area contributed by atoms with Crippen LogP contribution in [-0.4, -0.2) is 66.1 Å². The van der Waals surface area contributed by atoms with Gasteiger partial charge in [0.1, 0.15) is 5.56 Å². The van der Waals surface area contributed by atoms with E-state index in [4.69, 9.17) is 4.74 Å². The molecule has 2 aliphatic rings. The summed E-state index contributed by atoms with van der Waals surface area (Å²) in [5.41, 5.74) is 0.792. The maximum Gasteiger partial charge on any atom is 0.259 e. The molecule has 0 unspecified atom stereocenters. The minimum Gasteiger partial charge on any atom is -0.379 e. The summed E-state index contributed by atoms with van der Waals surface area (Å²) < 4.78 is 5.43. The average Bonchev–Trinajstić information content (AvgIpc) is 3.04. The molecule has 0 saturated carbocycles. The van der Waals surface area contributed by atoms with Crippen molar-refractivity contribution in [2.75, 3.05) is 39.4 Å². The van der Waals surface area contributed by atoms with E-state index in [1.165, 1.54) is 0 Å². The summed E-state index contributed by atoms with van der Waals surface area (Å²) in [4.78, 5) is 33.0. The van der Waals surface area contributed by atoms with Gasteiger partial charge in [-0.25, -0.2) is 0 Å². The summed E-state index contributed by atoms with van der Waals surface area (Å²) in [7, 11) is 0. The zero-order chi connectivity index (χ0) is 17.4. The zero-order valence-electron chi connectivity index (χ0n) is 14.4. The monoisotopic (exact) mass is 341 g/mol. The predicted molar refractivity (Wildman–Crippen MR) is 95.8 cm³/mol. The number of nitrogens with zero attached hydrogens (tertiary/aromatic N) is 2. The number of pyridine rings is 1. The number of amides is 1. The standard InChI is InChI=1S/C19H23N3O3/c1-13-11-22(12-17(13)21-6-8-25-9-7-21)19(24)15-10-20-16-5-3-2-4-14(16)18(15)23/h2-5,10,13,17H,6-9,11-12H2,1H3,(H,20,23)/t13-,17+/m1/s1. The molecule has 6 heteroatoms. The number of hydrogen-bond acceptors (Lipinski definition) is 4. The first-order chi connectivity index (χ1) is 12.1. The number of carbonyl (C=O) groups is 1. The number of aromatic nitrogens is 1. The van der Waals surface area contributed by atoms with Gasteiger partial charge in [0, 0.05) is 49.3 Å². The first-order valence-corrected chi connectivity index (χ1v) is 8.86. The van der Waals surface area contributed by atoms with Crippen molar-refractivity contribution in [3.8, 4) is 0 Å². The first kappa shape index (κ1) is 16.3. The van der Waals surface area contributed by atoms with Crippen LogP contribution < -0.4 is 5.43 Å². The van der Waals surface area contributed by atoms with Crippen LogP contribution in [0.25, 0.3) is 10.9 Å². The lowest BCUT2D eigenvalue weighted by Crippen LogP contribution is -2.47. The van der Waals surface area contributed by atoms with Crippen LogP contribution in [0.5, 0.6) is 0 Å². The van der Waals surface area contributed by atoms with E-state index in [1.54, 1.807) is 12.3 Å². The second kappa shape index (κ2) is 6.61. The molecule has 1 aromatic heterocycles. The van der Waals surface area contributed by atoms with Gasteiger partial charge < -0.3 is 14.6 Å². The number of nitrogens with one attached hydrogen (secondary N) is 1. The molecule has 25 heavy (non-hydrogen) atoms. The van der Waals surface area contributed by atoms with Crippen LogP contribution >= 0.6 is 0 Å². The van der Waals surface area contributed by atoms with Crippen LogP contribution in [-0.2, 0) is 4.74 Å². The normalized spacial score (nSPS) is 24.8. The van der Waals surface area contributed by atoms with E-state index < -0.39 is 0 Å². The van der Waals surface area contributed by atoms with E-state index in [-0.39, 0.29) is 16.9 Å². The van der Waals surface area contributed by atoms with Crippen molar-refractivity contribution in [2.45, 2.75) is 13.0 Å². The Morgan fingerprint density at radius 1 is 1.20 bits per heavy atom. The molecule has 1 N–H and O–H groups in total. The van der Waals surface area contributed by atoms with Gasteiger partial charge in [0.05, 0.1) is 13.2 Å². The molecule has 0 aliphatic carbocycles. The van der Waals surface area contributed by atoms with Gasteiger partial charge in [-0.15, -0.1) is 0 Å². The van der Waals surface area contributed by atoms with Gasteiger partial charge in [0.2, 0.25) is 5.43 Å². The Morgan fingerprint density at radius 3 is 2.76 bits per heavy atom. The molecule has 2 aromatic rings. The van der Waals surface area contributed by atoms with Gasteiger partial charge in [0.25, 0.3) is 5.91 Å². The molecule has 1 amide bonds. The molecule has 2 fully saturated rings. The van der Waals surface area contributed by atoms with Gasteiger partial charge >= 0.3 is 0 Å². The molecule has 0 radical (unpaired) electrons. The number of benzene rings is 1. The second-order valence-corrected chi connectivity index (χ2v) is 6.98. The Bertz CT molecular complexity index is 841. The highest BCUT2D eigenvalue weighted by molar-refractivity contribution is 5.97. The molecule has 2 atom stereocenters. The molecule has 2 saturated heterocycles. The summed E-state index contributed by atoms with van der Waals surface area (Å²) in [6, 6.07) is 7.63. The van der Waals surface area contributed by atoms with Crippen LogP contribution in [0.1, 0.15) is 17.3 Å². The Morgan fingerprint density at radius 2 is 1.96 bits per heavy atom. The van der Waals surface area contributed by atoms with Crippen LogP contribution in [0.3, 0.4) is 0 Å². The lowest BCUT2D eigenvalue weighted by atomic mass is 10.0. The summed E-state index contributed by atoms with van der Waals surface area (Å²) in [5, 5.41) is 0.560. The number of fused-ring (bicyclic) bond motifs is 1. The molecule has 0 spiro atoms. The molecule has 132 valence electrons. The van der Waals surface area contributed by atoms with Crippen LogP contribution in [0.2, 0.25) is 0 Å². The lowest BCUT2D eigenvalue weighted by molar-refractivity contribution is 0.0119. The SMILES string of the molecule is C[C@@H]1CN(C(=O)c2c[nH]c3ccccc3c2=O)C[C@@H]1N1CCOCC1. The number of rotatable bonds is 2. The van der Waals surface area contributed by atoms with Crippen molar-refractivity contribution >= 4 is 16.8 Å². The molecule has 2 aliphatic heterocycles. The van der Waals surface area contributed by atoms with E-state index in [1.807, 2.05) is 23.1 Å². The minimum absolute atomic E-state index is 0.172. The van der Waals surface area contributed by atoms with Crippen molar-refractivity contribution in [1.29, 1.82) is 0 Å². The Balaban J connectivity index is 1.57. The fourth-order valence-corrected chi connectivity index (χ4v) is 4.00. The number of aromatic amines is 1. The zero-order valence-corrected chi connectivity index (χ0v) is 14.4. The van der Waals surface area contributed by atoms with E-state index >= 15 is 0 Å². The highest BCUT2D eigenvalue weighted by atomic mass is 16.5. The lowest BCUT2D eigenvalue weighted by Gasteiger charge is -2.33. The van der Waals surface area contributed by atoms with Gasteiger partial charge in [-0.05, 0) is 18.1 Å². The van der Waals surface area contributed by atoms with Crippen LogP contribution in [0.4, 0.5) is 0 Å². The third-order valence-corrected chi connectivity index (χ3v) is 5.39. The van der Waals surface area contributed by atoms with Crippen LogP contribution in [0.15, 0.2) is 35.3 Å². The van der Waals surface area contributed by atoms with Crippen molar-refractivity contribution in [3.05, 3.63) is 46.2 Å². The molecular formula is C19H23N3O3. The third kappa shape index (κ3) is 2.96. The van der Waals surface area contributed by atoms with Crippen molar-refractivity contribution in [3.63, 3.8) is 0 Å². The maximum absolute atomic E-state index is 12.9. The fraction of sp³-hybridized carbons (Fsp3) is 0.474. The highest BCUT2D eigenvalue weighted by Crippen LogP contribution is 2.24. The molecule has 6 nitrogen and oxygen atoms in total. The van der Waals surface area contributed by atoms with Crippen molar-refractivity contribution in [1.82, 2.24) is 14.8 Å². The van der Waals surface area contributed by atoms with E-state index in [0.717, 1.165) is 31.8 Å². The second-order valence-electron chi connectivity index (χ2n) is 6.98. The van der Waals surface area contributed by atoms with Gasteiger partial charge in [-0.1, -0.05) is 19.1 Å². The van der Waals surface area contributed by atoms with E-state index in [0.29, 0.717) is 30.4 Å². The highest BCUT2D eigenvalue weighted by Gasteiger charge is 2.37. The minimum atomic E-state index is -0.193.